The number of piperidine rings is 1. The molecule has 1 aromatic rings. The number of benzene rings is 1. The first-order valence-electron chi connectivity index (χ1n) is 6.82. The van der Waals surface area contributed by atoms with E-state index in [1.165, 1.54) is 5.56 Å². The standard InChI is InChI=1S/C15H22N2O2/c1-12-3-5-13(6-4-12)16-11-15(18)19-14-7-9-17(2)10-8-14/h3-6,14,16H,7-11H2,1-2H3. The third kappa shape index (κ3) is 4.56. The van der Waals surface area contributed by atoms with Gasteiger partial charge in [-0.1, -0.05) is 17.7 Å². The highest BCUT2D eigenvalue weighted by Crippen LogP contribution is 2.13. The van der Waals surface area contributed by atoms with Crippen LogP contribution in [0, 0.1) is 6.92 Å². The summed E-state index contributed by atoms with van der Waals surface area (Å²) in [7, 11) is 2.09. The van der Waals surface area contributed by atoms with E-state index in [9.17, 15) is 4.79 Å². The highest BCUT2D eigenvalue weighted by atomic mass is 16.5. The molecule has 0 atom stereocenters. The van der Waals surface area contributed by atoms with E-state index in [2.05, 4.69) is 17.3 Å². The van der Waals surface area contributed by atoms with Crippen LogP contribution in [0.1, 0.15) is 18.4 Å². The highest BCUT2D eigenvalue weighted by molar-refractivity contribution is 5.75. The fourth-order valence-corrected chi connectivity index (χ4v) is 2.18. The van der Waals surface area contributed by atoms with Crippen molar-refractivity contribution in [3.8, 4) is 0 Å². The summed E-state index contributed by atoms with van der Waals surface area (Å²) in [5.41, 5.74) is 2.16. The minimum absolute atomic E-state index is 0.0866. The summed E-state index contributed by atoms with van der Waals surface area (Å²) in [6.07, 6.45) is 1.96. The zero-order valence-corrected chi connectivity index (χ0v) is 11.7. The van der Waals surface area contributed by atoms with Gasteiger partial charge in [-0.25, -0.2) is 0 Å². The molecule has 1 aliphatic rings. The normalized spacial score (nSPS) is 17.2. The molecule has 1 aliphatic heterocycles. The lowest BCUT2D eigenvalue weighted by Gasteiger charge is -2.28. The van der Waals surface area contributed by atoms with E-state index in [1.54, 1.807) is 0 Å². The summed E-state index contributed by atoms with van der Waals surface area (Å²) >= 11 is 0. The lowest BCUT2D eigenvalue weighted by molar-refractivity contribution is -0.148. The molecule has 2 rings (SSSR count). The van der Waals surface area contributed by atoms with Crippen LogP contribution in [0.5, 0.6) is 0 Å². The Balaban J connectivity index is 1.71. The van der Waals surface area contributed by atoms with Crippen molar-refractivity contribution < 1.29 is 9.53 Å². The fourth-order valence-electron chi connectivity index (χ4n) is 2.18. The fraction of sp³-hybridized carbons (Fsp3) is 0.533. The van der Waals surface area contributed by atoms with Crippen molar-refractivity contribution in [1.29, 1.82) is 0 Å². The molecule has 1 N–H and O–H groups in total. The summed E-state index contributed by atoms with van der Waals surface area (Å²) in [5.74, 6) is -0.171. The molecular formula is C15H22N2O2. The van der Waals surface area contributed by atoms with E-state index in [0.717, 1.165) is 31.6 Å². The van der Waals surface area contributed by atoms with Gasteiger partial charge in [0.25, 0.3) is 0 Å². The van der Waals surface area contributed by atoms with Gasteiger partial charge in [-0.05, 0) is 38.9 Å². The number of aryl methyl sites for hydroxylation is 1. The van der Waals surface area contributed by atoms with E-state index in [1.807, 2.05) is 31.2 Å². The molecule has 1 fully saturated rings. The van der Waals surface area contributed by atoms with Gasteiger partial charge in [0.05, 0.1) is 0 Å². The monoisotopic (exact) mass is 262 g/mol. The number of anilines is 1. The van der Waals surface area contributed by atoms with Crippen LogP contribution in [0.25, 0.3) is 0 Å². The summed E-state index contributed by atoms with van der Waals surface area (Å²) < 4.78 is 5.46. The largest absolute Gasteiger partial charge is 0.461 e. The number of hydrogen-bond acceptors (Lipinski definition) is 4. The predicted molar refractivity (Wildman–Crippen MR) is 76.3 cm³/mol. The number of ether oxygens (including phenoxy) is 1. The van der Waals surface area contributed by atoms with Crippen molar-refractivity contribution in [1.82, 2.24) is 4.90 Å². The number of hydrogen-bond donors (Lipinski definition) is 1. The van der Waals surface area contributed by atoms with E-state index < -0.39 is 0 Å². The lowest BCUT2D eigenvalue weighted by atomic mass is 10.1. The average molecular weight is 262 g/mol. The molecule has 0 radical (unpaired) electrons. The molecule has 0 aliphatic carbocycles. The maximum atomic E-state index is 11.7. The quantitative estimate of drug-likeness (QED) is 0.843. The third-order valence-corrected chi connectivity index (χ3v) is 3.45. The van der Waals surface area contributed by atoms with E-state index in [4.69, 9.17) is 4.74 Å². The summed E-state index contributed by atoms with van der Waals surface area (Å²) in [6.45, 7) is 4.28. The predicted octanol–water partition coefficient (Wildman–Crippen LogP) is 2.04. The summed E-state index contributed by atoms with van der Waals surface area (Å²) in [5, 5.41) is 3.09. The number of likely N-dealkylation sites (tertiary alicyclic amines) is 1. The van der Waals surface area contributed by atoms with Crippen molar-refractivity contribution >= 4 is 11.7 Å². The van der Waals surface area contributed by atoms with Gasteiger partial charge >= 0.3 is 5.97 Å². The molecule has 0 amide bonds. The number of esters is 1. The van der Waals surface area contributed by atoms with Crippen LogP contribution in [-0.4, -0.2) is 43.7 Å². The van der Waals surface area contributed by atoms with Gasteiger partial charge in [0.2, 0.25) is 0 Å². The molecule has 0 saturated carbocycles. The van der Waals surface area contributed by atoms with Crippen LogP contribution in [0.15, 0.2) is 24.3 Å². The molecule has 104 valence electrons. The minimum atomic E-state index is -0.171. The van der Waals surface area contributed by atoms with E-state index in [-0.39, 0.29) is 18.6 Å². The summed E-state index contributed by atoms with van der Waals surface area (Å²) in [6, 6.07) is 7.98. The molecule has 19 heavy (non-hydrogen) atoms. The lowest BCUT2D eigenvalue weighted by Crippen LogP contribution is -2.36. The van der Waals surface area contributed by atoms with Crippen LogP contribution < -0.4 is 5.32 Å². The van der Waals surface area contributed by atoms with Gasteiger partial charge in [-0.2, -0.15) is 0 Å². The molecule has 0 aromatic heterocycles. The van der Waals surface area contributed by atoms with Crippen LogP contribution in [0.3, 0.4) is 0 Å². The van der Waals surface area contributed by atoms with Crippen molar-refractivity contribution in [2.75, 3.05) is 32.0 Å². The topological polar surface area (TPSA) is 41.6 Å². The van der Waals surface area contributed by atoms with Crippen LogP contribution >= 0.6 is 0 Å². The highest BCUT2D eigenvalue weighted by Gasteiger charge is 2.19. The molecule has 1 heterocycles. The molecule has 0 bridgehead atoms. The van der Waals surface area contributed by atoms with E-state index in [0.29, 0.717) is 0 Å². The first-order chi connectivity index (χ1) is 9.13. The summed E-state index contributed by atoms with van der Waals surface area (Å²) in [4.78, 5) is 14.0. The molecular weight excluding hydrogens is 240 g/mol. The Morgan fingerprint density at radius 2 is 1.95 bits per heavy atom. The van der Waals surface area contributed by atoms with Crippen LogP contribution in [0.2, 0.25) is 0 Å². The number of carbonyl (C=O) groups excluding carboxylic acids is 1. The zero-order valence-electron chi connectivity index (χ0n) is 11.7. The molecule has 1 aromatic carbocycles. The Morgan fingerprint density at radius 1 is 1.32 bits per heavy atom. The Labute approximate surface area is 114 Å². The van der Waals surface area contributed by atoms with Crippen molar-refractivity contribution in [3.05, 3.63) is 29.8 Å². The Hall–Kier alpha value is -1.55. The second-order valence-electron chi connectivity index (χ2n) is 5.21. The Kier molecular flexibility index (Phi) is 4.80. The second-order valence-corrected chi connectivity index (χ2v) is 5.21. The molecule has 4 heteroatoms. The Bertz CT molecular complexity index is 409. The van der Waals surface area contributed by atoms with E-state index >= 15 is 0 Å². The number of nitrogens with zero attached hydrogens (tertiary/aromatic N) is 1. The second kappa shape index (κ2) is 6.57. The molecule has 1 saturated heterocycles. The average Bonchev–Trinajstić information content (AvgIpc) is 2.41. The zero-order chi connectivity index (χ0) is 13.7. The van der Waals surface area contributed by atoms with Crippen LogP contribution in [-0.2, 0) is 9.53 Å². The first kappa shape index (κ1) is 13.9. The van der Waals surface area contributed by atoms with Crippen molar-refractivity contribution in [3.63, 3.8) is 0 Å². The number of rotatable bonds is 4. The van der Waals surface area contributed by atoms with Gasteiger partial charge < -0.3 is 15.0 Å². The smallest absolute Gasteiger partial charge is 0.325 e. The molecule has 0 spiro atoms. The van der Waals surface area contributed by atoms with Crippen molar-refractivity contribution in [2.45, 2.75) is 25.9 Å². The van der Waals surface area contributed by atoms with Gasteiger partial charge in [0, 0.05) is 18.8 Å². The molecule has 4 nitrogen and oxygen atoms in total. The van der Waals surface area contributed by atoms with Gasteiger partial charge in [0.15, 0.2) is 0 Å². The maximum Gasteiger partial charge on any atom is 0.325 e. The van der Waals surface area contributed by atoms with Gasteiger partial charge in [-0.3, -0.25) is 4.79 Å². The number of carbonyl (C=O) groups is 1. The van der Waals surface area contributed by atoms with Gasteiger partial charge in [0.1, 0.15) is 12.6 Å². The third-order valence-electron chi connectivity index (χ3n) is 3.45. The maximum absolute atomic E-state index is 11.7. The van der Waals surface area contributed by atoms with Crippen molar-refractivity contribution in [2.24, 2.45) is 0 Å². The Morgan fingerprint density at radius 3 is 2.58 bits per heavy atom. The SMILES string of the molecule is Cc1ccc(NCC(=O)OC2CCN(C)CC2)cc1. The van der Waals surface area contributed by atoms with Crippen LogP contribution in [0.4, 0.5) is 5.69 Å². The minimum Gasteiger partial charge on any atom is -0.461 e. The molecule has 0 unspecified atom stereocenters. The number of nitrogens with one attached hydrogen (secondary N) is 1. The first-order valence-corrected chi connectivity index (χ1v) is 6.82. The van der Waals surface area contributed by atoms with Gasteiger partial charge in [-0.15, -0.1) is 0 Å².